The molecule has 3 aromatic heterocycles. The molecular formula is C20H22N4O4S. The molecule has 0 spiro atoms. The maximum absolute atomic E-state index is 12.8. The number of fused-ring (bicyclic) bond motifs is 1. The van der Waals surface area contributed by atoms with E-state index in [-0.39, 0.29) is 18.0 Å². The molecule has 1 fully saturated rings. The van der Waals surface area contributed by atoms with Crippen LogP contribution in [0.25, 0.3) is 11.0 Å². The topological polar surface area (TPSA) is 119 Å². The van der Waals surface area contributed by atoms with Gasteiger partial charge in [-0.05, 0) is 50.3 Å². The Labute approximate surface area is 170 Å². The van der Waals surface area contributed by atoms with Crippen molar-refractivity contribution in [2.75, 3.05) is 13.1 Å². The van der Waals surface area contributed by atoms with Crippen molar-refractivity contribution in [1.82, 2.24) is 19.9 Å². The summed E-state index contributed by atoms with van der Waals surface area (Å²) in [5.74, 6) is -0.854. The number of carboxylic acid groups (broad SMARTS) is 1. The third kappa shape index (κ3) is 3.95. The Bertz CT molecular complexity index is 1130. The maximum atomic E-state index is 12.8. The van der Waals surface area contributed by atoms with Crippen molar-refractivity contribution in [3.63, 3.8) is 0 Å². The van der Waals surface area contributed by atoms with Gasteiger partial charge in [-0.3, -0.25) is 14.4 Å². The van der Waals surface area contributed by atoms with E-state index in [0.717, 1.165) is 10.4 Å². The average molecular weight is 414 g/mol. The number of aliphatic carboxylic acids is 1. The van der Waals surface area contributed by atoms with Gasteiger partial charge >= 0.3 is 5.97 Å². The Morgan fingerprint density at radius 2 is 2.17 bits per heavy atom. The van der Waals surface area contributed by atoms with Crippen LogP contribution in [0.1, 0.15) is 38.8 Å². The van der Waals surface area contributed by atoms with Crippen LogP contribution in [0.2, 0.25) is 0 Å². The molecule has 0 aliphatic carbocycles. The van der Waals surface area contributed by atoms with Crippen LogP contribution in [0.15, 0.2) is 23.1 Å². The van der Waals surface area contributed by atoms with Gasteiger partial charge in [0.2, 0.25) is 0 Å². The standard InChI is InChI=1S/C20H22N4O4S/c1-11-22-17-16(18(25)23-11)12(9-21-17)4-5-14-6-7-15(29-14)19(26)24-8-2-3-13(10-24)20(27)28/h6-7,9,13H,2-5,8,10H2,1H3,(H,27,28)(H2,21,22,23,25). The van der Waals surface area contributed by atoms with E-state index in [4.69, 9.17) is 0 Å². The van der Waals surface area contributed by atoms with Crippen LogP contribution < -0.4 is 5.56 Å². The molecule has 8 nitrogen and oxygen atoms in total. The highest BCUT2D eigenvalue weighted by Crippen LogP contribution is 2.24. The number of carbonyl (C=O) groups excluding carboxylic acids is 1. The summed E-state index contributed by atoms with van der Waals surface area (Å²) in [6, 6.07) is 3.73. The van der Waals surface area contributed by atoms with Crippen LogP contribution in [0, 0.1) is 12.8 Å². The SMILES string of the molecule is Cc1nc2[nH]cc(CCc3ccc(C(=O)N4CCCC(C(=O)O)C4)s3)c2c(=O)[nH]1. The summed E-state index contributed by atoms with van der Waals surface area (Å²) in [5, 5.41) is 9.80. The lowest BCUT2D eigenvalue weighted by Gasteiger charge is -2.30. The molecule has 1 aliphatic heterocycles. The first-order valence-corrected chi connectivity index (χ1v) is 10.4. The van der Waals surface area contributed by atoms with Gasteiger partial charge in [-0.15, -0.1) is 11.3 Å². The van der Waals surface area contributed by atoms with E-state index >= 15 is 0 Å². The maximum Gasteiger partial charge on any atom is 0.308 e. The van der Waals surface area contributed by atoms with Crippen molar-refractivity contribution < 1.29 is 14.7 Å². The molecule has 1 unspecified atom stereocenters. The number of hydrogen-bond donors (Lipinski definition) is 3. The number of carboxylic acids is 1. The monoisotopic (exact) mass is 414 g/mol. The quantitative estimate of drug-likeness (QED) is 0.592. The van der Waals surface area contributed by atoms with E-state index in [0.29, 0.717) is 54.0 Å². The first kappa shape index (κ1) is 19.4. The zero-order chi connectivity index (χ0) is 20.5. The molecule has 1 aliphatic rings. The van der Waals surface area contributed by atoms with E-state index in [1.807, 2.05) is 12.3 Å². The van der Waals surface area contributed by atoms with Crippen LogP contribution in [0.3, 0.4) is 0 Å². The van der Waals surface area contributed by atoms with E-state index in [9.17, 15) is 19.5 Å². The van der Waals surface area contributed by atoms with E-state index in [1.165, 1.54) is 11.3 Å². The number of aromatic amines is 2. The van der Waals surface area contributed by atoms with Gasteiger partial charge < -0.3 is 20.0 Å². The molecule has 0 bridgehead atoms. The number of aromatic nitrogens is 3. The van der Waals surface area contributed by atoms with Gasteiger partial charge in [0.1, 0.15) is 11.5 Å². The van der Waals surface area contributed by atoms with Crippen molar-refractivity contribution in [3.05, 3.63) is 49.8 Å². The summed E-state index contributed by atoms with van der Waals surface area (Å²) < 4.78 is 0. The Hall–Kier alpha value is -2.94. The van der Waals surface area contributed by atoms with Gasteiger partial charge in [0.05, 0.1) is 16.2 Å². The number of piperidine rings is 1. The molecule has 3 aromatic rings. The van der Waals surface area contributed by atoms with Crippen LogP contribution in [-0.4, -0.2) is 49.9 Å². The molecule has 1 amide bonds. The highest BCUT2D eigenvalue weighted by molar-refractivity contribution is 7.14. The molecule has 9 heteroatoms. The molecule has 0 radical (unpaired) electrons. The minimum absolute atomic E-state index is 0.101. The largest absolute Gasteiger partial charge is 0.481 e. The molecule has 0 saturated carbocycles. The number of carbonyl (C=O) groups is 2. The fraction of sp³-hybridized carbons (Fsp3) is 0.400. The lowest BCUT2D eigenvalue weighted by molar-refractivity contribution is -0.143. The number of nitrogens with one attached hydrogen (secondary N) is 2. The third-order valence-electron chi connectivity index (χ3n) is 5.31. The first-order chi connectivity index (χ1) is 13.9. The fourth-order valence-electron chi connectivity index (χ4n) is 3.82. The summed E-state index contributed by atoms with van der Waals surface area (Å²) >= 11 is 1.43. The number of hydrogen-bond acceptors (Lipinski definition) is 5. The van der Waals surface area contributed by atoms with Crippen LogP contribution in [-0.2, 0) is 17.6 Å². The second kappa shape index (κ2) is 7.82. The Morgan fingerprint density at radius 3 is 2.97 bits per heavy atom. The second-order valence-electron chi connectivity index (χ2n) is 7.38. The van der Waals surface area contributed by atoms with Crippen molar-refractivity contribution in [3.8, 4) is 0 Å². The van der Waals surface area contributed by atoms with Gasteiger partial charge in [0.25, 0.3) is 11.5 Å². The summed E-state index contributed by atoms with van der Waals surface area (Å²) in [6.45, 7) is 2.61. The number of likely N-dealkylation sites (tertiary alicyclic amines) is 1. The molecular weight excluding hydrogens is 392 g/mol. The van der Waals surface area contributed by atoms with E-state index < -0.39 is 11.9 Å². The molecule has 4 heterocycles. The van der Waals surface area contributed by atoms with E-state index in [2.05, 4.69) is 15.0 Å². The highest BCUT2D eigenvalue weighted by Gasteiger charge is 2.29. The second-order valence-corrected chi connectivity index (χ2v) is 8.55. The predicted octanol–water partition coefficient (Wildman–Crippen LogP) is 2.34. The summed E-state index contributed by atoms with van der Waals surface area (Å²) in [5.41, 5.74) is 1.33. The minimum Gasteiger partial charge on any atom is -0.481 e. The van der Waals surface area contributed by atoms with E-state index in [1.54, 1.807) is 17.9 Å². The molecule has 29 heavy (non-hydrogen) atoms. The first-order valence-electron chi connectivity index (χ1n) is 9.60. The molecule has 3 N–H and O–H groups in total. The minimum atomic E-state index is -0.840. The highest BCUT2D eigenvalue weighted by atomic mass is 32.1. The smallest absolute Gasteiger partial charge is 0.308 e. The number of nitrogens with zero attached hydrogens (tertiary/aromatic N) is 2. The Balaban J connectivity index is 1.44. The van der Waals surface area contributed by atoms with Gasteiger partial charge in [0.15, 0.2) is 0 Å². The number of rotatable bonds is 5. The lowest BCUT2D eigenvalue weighted by atomic mass is 9.98. The zero-order valence-electron chi connectivity index (χ0n) is 16.0. The Morgan fingerprint density at radius 1 is 1.34 bits per heavy atom. The summed E-state index contributed by atoms with van der Waals surface area (Å²) in [6.07, 6.45) is 4.50. The normalized spacial score (nSPS) is 17.0. The molecule has 0 aromatic carbocycles. The van der Waals surface area contributed by atoms with Crippen molar-refractivity contribution in [2.24, 2.45) is 5.92 Å². The molecule has 4 rings (SSSR count). The number of aryl methyl sites for hydroxylation is 3. The van der Waals surface area contributed by atoms with Crippen molar-refractivity contribution >= 4 is 34.2 Å². The van der Waals surface area contributed by atoms with Gasteiger partial charge in [-0.2, -0.15) is 0 Å². The number of amides is 1. The van der Waals surface area contributed by atoms with Crippen LogP contribution >= 0.6 is 11.3 Å². The molecule has 1 saturated heterocycles. The number of H-pyrrole nitrogens is 2. The van der Waals surface area contributed by atoms with Crippen molar-refractivity contribution in [1.29, 1.82) is 0 Å². The van der Waals surface area contributed by atoms with Gasteiger partial charge in [0, 0.05) is 24.2 Å². The Kier molecular flexibility index (Phi) is 5.23. The predicted molar refractivity (Wildman–Crippen MR) is 109 cm³/mol. The lowest BCUT2D eigenvalue weighted by Crippen LogP contribution is -2.42. The van der Waals surface area contributed by atoms with Crippen LogP contribution in [0.4, 0.5) is 0 Å². The van der Waals surface area contributed by atoms with Crippen molar-refractivity contribution in [2.45, 2.75) is 32.6 Å². The molecule has 1 atom stereocenters. The number of thiophene rings is 1. The average Bonchev–Trinajstić information content (AvgIpc) is 3.33. The summed E-state index contributed by atoms with van der Waals surface area (Å²) in [4.78, 5) is 49.6. The molecule has 152 valence electrons. The zero-order valence-corrected chi connectivity index (χ0v) is 16.8. The van der Waals surface area contributed by atoms with Gasteiger partial charge in [-0.25, -0.2) is 4.98 Å². The third-order valence-corrected chi connectivity index (χ3v) is 6.45. The summed E-state index contributed by atoms with van der Waals surface area (Å²) in [7, 11) is 0. The fourth-order valence-corrected chi connectivity index (χ4v) is 4.79. The van der Waals surface area contributed by atoms with Crippen LogP contribution in [0.5, 0.6) is 0 Å². The van der Waals surface area contributed by atoms with Gasteiger partial charge in [-0.1, -0.05) is 0 Å².